The number of fused-ring (bicyclic) bond motifs is 1. The first-order valence-electron chi connectivity index (χ1n) is 4.18. The van der Waals surface area contributed by atoms with Crippen molar-refractivity contribution < 1.29 is 4.79 Å². The van der Waals surface area contributed by atoms with Crippen LogP contribution in [-0.4, -0.2) is 17.6 Å². The fourth-order valence-electron chi connectivity index (χ4n) is 1.39. The topological polar surface area (TPSA) is 58.4 Å². The van der Waals surface area contributed by atoms with Gasteiger partial charge >= 0.3 is 6.03 Å². The Morgan fingerprint density at radius 2 is 2.07 bits per heavy atom. The predicted octanol–water partition coefficient (Wildman–Crippen LogP) is 1.37. The van der Waals surface area contributed by atoms with Crippen LogP contribution in [-0.2, 0) is 6.42 Å². The first kappa shape index (κ1) is 10.8. The number of rotatable bonds is 0. The molecule has 1 aliphatic heterocycles. The highest BCUT2D eigenvalue weighted by atomic mass is 35.5. The Morgan fingerprint density at radius 1 is 1.36 bits per heavy atom. The van der Waals surface area contributed by atoms with Gasteiger partial charge in [-0.2, -0.15) is 0 Å². The minimum Gasteiger partial charge on any atom is -0.306 e. The summed E-state index contributed by atoms with van der Waals surface area (Å²) in [7, 11) is 0. The van der Waals surface area contributed by atoms with Gasteiger partial charge in [0.1, 0.15) is 0 Å². The number of halogens is 1. The van der Waals surface area contributed by atoms with Crippen LogP contribution in [0.4, 0.5) is 10.5 Å². The van der Waals surface area contributed by atoms with Gasteiger partial charge in [0, 0.05) is 12.2 Å². The third-order valence-electron chi connectivity index (χ3n) is 2.14. The summed E-state index contributed by atoms with van der Waals surface area (Å²) in [4.78, 5) is 11.3. The maximum atomic E-state index is 11.3. The van der Waals surface area contributed by atoms with Crippen LogP contribution < -0.4 is 11.2 Å². The number of carbonyl (C=O) groups excluding carboxylic acids is 1. The van der Waals surface area contributed by atoms with Gasteiger partial charge in [-0.05, 0) is 18.1 Å². The molecule has 2 rings (SSSR count). The quantitative estimate of drug-likeness (QED) is 0.505. The number of para-hydroxylation sites is 1. The second-order valence-corrected chi connectivity index (χ2v) is 3.03. The molecule has 0 aromatic heterocycles. The van der Waals surface area contributed by atoms with Gasteiger partial charge in [0.2, 0.25) is 0 Å². The molecule has 0 unspecified atom stereocenters. The van der Waals surface area contributed by atoms with Crippen molar-refractivity contribution in [3.63, 3.8) is 0 Å². The molecule has 0 aliphatic carbocycles. The average Bonchev–Trinajstić information content (AvgIpc) is 2.28. The smallest absolute Gasteiger partial charge is 0.306 e. The van der Waals surface area contributed by atoms with Gasteiger partial charge in [-0.15, -0.1) is 12.4 Å². The van der Waals surface area contributed by atoms with Crippen LogP contribution in [0.2, 0.25) is 0 Å². The second kappa shape index (κ2) is 4.30. The molecule has 76 valence electrons. The van der Waals surface area contributed by atoms with E-state index in [4.69, 9.17) is 5.84 Å². The van der Waals surface area contributed by atoms with E-state index in [9.17, 15) is 4.79 Å². The van der Waals surface area contributed by atoms with Crippen molar-refractivity contribution in [2.75, 3.05) is 11.9 Å². The highest BCUT2D eigenvalue weighted by Gasteiger charge is 2.15. The molecule has 0 radical (unpaired) electrons. The number of hydrogen-bond donors (Lipinski definition) is 2. The van der Waals surface area contributed by atoms with Gasteiger partial charge in [-0.25, -0.2) is 10.6 Å². The normalized spacial score (nSPS) is 14.9. The molecular formula is C9H12ClN3O. The molecule has 14 heavy (non-hydrogen) atoms. The number of anilines is 1. The summed E-state index contributed by atoms with van der Waals surface area (Å²) in [5, 5.41) is 3.93. The zero-order chi connectivity index (χ0) is 9.26. The Morgan fingerprint density at radius 3 is 2.86 bits per heavy atom. The van der Waals surface area contributed by atoms with Crippen molar-refractivity contribution in [1.29, 1.82) is 0 Å². The standard InChI is InChI=1S/C9H11N3O.ClH/c10-12-6-5-7-3-1-2-4-8(7)11-9(12)13;/h1-4H,5-6,10H2,(H,11,13);1H. The summed E-state index contributed by atoms with van der Waals surface area (Å²) in [5.41, 5.74) is 1.99. The molecule has 0 saturated carbocycles. The van der Waals surface area contributed by atoms with Gasteiger partial charge in [0.05, 0.1) is 0 Å². The Bertz CT molecular complexity index is 343. The number of nitrogens with two attached hydrogens (primary N) is 1. The molecule has 5 heteroatoms. The summed E-state index contributed by atoms with van der Waals surface area (Å²) in [6, 6.07) is 7.48. The molecule has 1 heterocycles. The summed E-state index contributed by atoms with van der Waals surface area (Å²) < 4.78 is 0. The number of nitrogens with one attached hydrogen (secondary N) is 1. The highest BCUT2D eigenvalue weighted by molar-refractivity contribution is 5.90. The SMILES string of the molecule is Cl.NN1CCc2ccccc2NC1=O. The van der Waals surface area contributed by atoms with Crippen molar-refractivity contribution in [2.24, 2.45) is 5.84 Å². The van der Waals surface area contributed by atoms with Crippen LogP contribution in [0.15, 0.2) is 24.3 Å². The maximum Gasteiger partial charge on any atom is 0.335 e. The first-order chi connectivity index (χ1) is 6.27. The molecule has 0 saturated heterocycles. The van der Waals surface area contributed by atoms with E-state index in [2.05, 4.69) is 5.32 Å². The first-order valence-corrected chi connectivity index (χ1v) is 4.18. The lowest BCUT2D eigenvalue weighted by Gasteiger charge is -2.11. The predicted molar refractivity (Wildman–Crippen MR) is 57.3 cm³/mol. The lowest BCUT2D eigenvalue weighted by Crippen LogP contribution is -2.40. The molecular weight excluding hydrogens is 202 g/mol. The van der Waals surface area contributed by atoms with Crippen LogP contribution in [0.5, 0.6) is 0 Å². The van der Waals surface area contributed by atoms with Crippen molar-refractivity contribution in [1.82, 2.24) is 5.01 Å². The number of nitrogens with zero attached hydrogens (tertiary/aromatic N) is 1. The fourth-order valence-corrected chi connectivity index (χ4v) is 1.39. The van der Waals surface area contributed by atoms with Crippen LogP contribution in [0.25, 0.3) is 0 Å². The molecule has 1 aromatic rings. The van der Waals surface area contributed by atoms with Crippen LogP contribution >= 0.6 is 12.4 Å². The van der Waals surface area contributed by atoms with Crippen LogP contribution in [0.1, 0.15) is 5.56 Å². The minimum absolute atomic E-state index is 0. The van der Waals surface area contributed by atoms with Crippen LogP contribution in [0.3, 0.4) is 0 Å². The number of benzene rings is 1. The van der Waals surface area contributed by atoms with Gasteiger partial charge in [0.15, 0.2) is 0 Å². The maximum absolute atomic E-state index is 11.3. The molecule has 1 aromatic carbocycles. The third-order valence-corrected chi connectivity index (χ3v) is 2.14. The van der Waals surface area contributed by atoms with E-state index in [1.54, 1.807) is 0 Å². The second-order valence-electron chi connectivity index (χ2n) is 3.03. The van der Waals surface area contributed by atoms with E-state index in [1.165, 1.54) is 5.01 Å². The van der Waals surface area contributed by atoms with E-state index in [0.717, 1.165) is 17.7 Å². The van der Waals surface area contributed by atoms with Crippen molar-refractivity contribution in [3.8, 4) is 0 Å². The Balaban J connectivity index is 0.000000980. The van der Waals surface area contributed by atoms with Gasteiger partial charge in [-0.1, -0.05) is 18.2 Å². The number of hydrazine groups is 1. The number of carbonyl (C=O) groups is 1. The van der Waals surface area contributed by atoms with Crippen molar-refractivity contribution >= 4 is 24.1 Å². The summed E-state index contributed by atoms with van der Waals surface area (Å²) in [6.07, 6.45) is 0.797. The summed E-state index contributed by atoms with van der Waals surface area (Å²) in [5.74, 6) is 5.48. The Kier molecular flexibility index (Phi) is 3.33. The number of amides is 2. The fraction of sp³-hybridized carbons (Fsp3) is 0.222. The summed E-state index contributed by atoms with van der Waals surface area (Å²) in [6.45, 7) is 0.558. The van der Waals surface area contributed by atoms with E-state index in [1.807, 2.05) is 24.3 Å². The minimum atomic E-state index is -0.245. The van der Waals surface area contributed by atoms with Crippen LogP contribution in [0, 0.1) is 0 Å². The Hall–Kier alpha value is -1.26. The van der Waals surface area contributed by atoms with Gasteiger partial charge < -0.3 is 5.32 Å². The number of urea groups is 1. The van der Waals surface area contributed by atoms with E-state index >= 15 is 0 Å². The molecule has 2 amide bonds. The lowest BCUT2D eigenvalue weighted by atomic mass is 10.1. The van der Waals surface area contributed by atoms with Gasteiger partial charge in [-0.3, -0.25) is 5.01 Å². The molecule has 1 aliphatic rings. The highest BCUT2D eigenvalue weighted by Crippen LogP contribution is 2.18. The molecule has 0 spiro atoms. The molecule has 0 bridgehead atoms. The third kappa shape index (κ3) is 1.97. The van der Waals surface area contributed by atoms with E-state index in [-0.39, 0.29) is 18.4 Å². The largest absolute Gasteiger partial charge is 0.335 e. The lowest BCUT2D eigenvalue weighted by molar-refractivity contribution is 0.214. The van der Waals surface area contributed by atoms with Crippen molar-refractivity contribution in [3.05, 3.63) is 29.8 Å². The zero-order valence-electron chi connectivity index (χ0n) is 7.56. The molecule has 3 N–H and O–H groups in total. The van der Waals surface area contributed by atoms with Crippen molar-refractivity contribution in [2.45, 2.75) is 6.42 Å². The Labute approximate surface area is 88.5 Å². The van der Waals surface area contributed by atoms with E-state index in [0.29, 0.717) is 6.54 Å². The zero-order valence-corrected chi connectivity index (χ0v) is 8.38. The van der Waals surface area contributed by atoms with E-state index < -0.39 is 0 Å². The average molecular weight is 214 g/mol. The van der Waals surface area contributed by atoms with Gasteiger partial charge in [0.25, 0.3) is 0 Å². The summed E-state index contributed by atoms with van der Waals surface area (Å²) >= 11 is 0. The molecule has 4 nitrogen and oxygen atoms in total. The monoisotopic (exact) mass is 213 g/mol. The number of hydrogen-bond acceptors (Lipinski definition) is 2. The molecule has 0 atom stereocenters. The molecule has 0 fully saturated rings.